The smallest absolute Gasteiger partial charge is 0.255 e. The first-order chi connectivity index (χ1) is 18.1. The third-order valence-corrected chi connectivity index (χ3v) is 8.16. The number of hydrogen-bond acceptors (Lipinski definition) is 3. The Morgan fingerprint density at radius 3 is 2.46 bits per heavy atom. The molecule has 6 heteroatoms. The Hall–Kier alpha value is -4.16. The summed E-state index contributed by atoms with van der Waals surface area (Å²) >= 11 is 1.60. The van der Waals surface area contributed by atoms with Crippen molar-refractivity contribution in [1.82, 2.24) is 14.8 Å². The van der Waals surface area contributed by atoms with Gasteiger partial charge in [0.15, 0.2) is 0 Å². The molecule has 37 heavy (non-hydrogen) atoms. The van der Waals surface area contributed by atoms with Gasteiger partial charge in [-0.05, 0) is 41.6 Å². The molecular formula is C31H27N3O2S. The van der Waals surface area contributed by atoms with E-state index in [1.165, 1.54) is 0 Å². The zero-order valence-corrected chi connectivity index (χ0v) is 21.5. The molecule has 0 saturated heterocycles. The van der Waals surface area contributed by atoms with Crippen LogP contribution >= 0.6 is 11.3 Å². The van der Waals surface area contributed by atoms with Crippen molar-refractivity contribution in [1.29, 1.82) is 0 Å². The first-order valence-electron chi connectivity index (χ1n) is 12.4. The molecule has 2 unspecified atom stereocenters. The van der Waals surface area contributed by atoms with Crippen molar-refractivity contribution in [3.63, 3.8) is 0 Å². The number of aryl methyl sites for hydroxylation is 1. The molecule has 0 radical (unpaired) electrons. The molecule has 2 atom stereocenters. The van der Waals surface area contributed by atoms with E-state index in [-0.39, 0.29) is 11.8 Å². The van der Waals surface area contributed by atoms with E-state index < -0.39 is 12.1 Å². The maximum absolute atomic E-state index is 13.9. The highest BCUT2D eigenvalue weighted by Crippen LogP contribution is 2.47. The highest BCUT2D eigenvalue weighted by Gasteiger charge is 2.44. The van der Waals surface area contributed by atoms with Crippen molar-refractivity contribution in [3.05, 3.63) is 118 Å². The van der Waals surface area contributed by atoms with Crippen molar-refractivity contribution in [3.8, 4) is 11.3 Å². The van der Waals surface area contributed by atoms with Crippen LogP contribution in [0, 0.1) is 0 Å². The van der Waals surface area contributed by atoms with Crippen LogP contribution in [0.1, 0.15) is 39.3 Å². The molecule has 5 nitrogen and oxygen atoms in total. The quantitative estimate of drug-likeness (QED) is 0.301. The fourth-order valence-electron chi connectivity index (χ4n) is 5.54. The van der Waals surface area contributed by atoms with Crippen molar-refractivity contribution in [2.75, 3.05) is 0 Å². The zero-order valence-electron chi connectivity index (χ0n) is 20.7. The molecule has 5 aromatic rings. The van der Waals surface area contributed by atoms with Gasteiger partial charge < -0.3 is 14.8 Å². The number of nitrogens with zero attached hydrogens (tertiary/aromatic N) is 2. The minimum Gasteiger partial charge on any atom is -0.349 e. The van der Waals surface area contributed by atoms with E-state index in [1.54, 1.807) is 16.2 Å². The Bertz CT molecular complexity index is 1600. The maximum atomic E-state index is 13.9. The summed E-state index contributed by atoms with van der Waals surface area (Å²) in [5, 5.41) is 6.11. The molecule has 0 fully saturated rings. The average Bonchev–Trinajstić information content (AvgIpc) is 3.63. The van der Waals surface area contributed by atoms with Gasteiger partial charge in [-0.2, -0.15) is 0 Å². The van der Waals surface area contributed by atoms with Crippen molar-refractivity contribution in [2.24, 2.45) is 7.05 Å². The van der Waals surface area contributed by atoms with Crippen LogP contribution in [0.4, 0.5) is 0 Å². The Kier molecular flexibility index (Phi) is 5.89. The number of benzene rings is 3. The SMILES string of the molecule is CC(C(=O)NCc1cccs1)N1C(=O)c2ccccc2C1c1c(-c2ccccc2)n(C)c2ccccc12. The molecule has 3 heterocycles. The fraction of sp³-hybridized carbons (Fsp3) is 0.161. The lowest BCUT2D eigenvalue weighted by molar-refractivity contribution is -0.125. The van der Waals surface area contributed by atoms with E-state index in [9.17, 15) is 9.59 Å². The van der Waals surface area contributed by atoms with E-state index in [1.807, 2.05) is 79.0 Å². The fourth-order valence-corrected chi connectivity index (χ4v) is 6.18. The van der Waals surface area contributed by atoms with Gasteiger partial charge in [-0.3, -0.25) is 9.59 Å². The standard InChI is InChI=1S/C31H27N3O2S/c1-20(30(35)32-19-22-13-10-18-37-22)34-29(23-14-6-7-15-24(23)31(34)36)27-25-16-8-9-17-26(25)33(2)28(27)21-11-4-3-5-12-21/h3-18,20,29H,19H2,1-2H3,(H,32,35). The Morgan fingerprint density at radius 1 is 0.946 bits per heavy atom. The first-order valence-corrected chi connectivity index (χ1v) is 13.3. The maximum Gasteiger partial charge on any atom is 0.255 e. The Labute approximate surface area is 220 Å². The van der Waals surface area contributed by atoms with Crippen LogP contribution < -0.4 is 5.32 Å². The van der Waals surface area contributed by atoms with Gasteiger partial charge in [0.2, 0.25) is 5.91 Å². The van der Waals surface area contributed by atoms with Gasteiger partial charge in [0.05, 0.1) is 18.3 Å². The largest absolute Gasteiger partial charge is 0.349 e. The minimum absolute atomic E-state index is 0.119. The van der Waals surface area contributed by atoms with Crippen LogP contribution in [0.15, 0.2) is 96.4 Å². The summed E-state index contributed by atoms with van der Waals surface area (Å²) in [6.45, 7) is 2.28. The van der Waals surface area contributed by atoms with Crippen molar-refractivity contribution in [2.45, 2.75) is 25.6 Å². The molecule has 2 amide bonds. The van der Waals surface area contributed by atoms with E-state index in [0.717, 1.165) is 38.2 Å². The second-order valence-corrected chi connectivity index (χ2v) is 10.4. The van der Waals surface area contributed by atoms with Crippen LogP contribution in [-0.2, 0) is 18.4 Å². The molecular weight excluding hydrogens is 478 g/mol. The summed E-state index contributed by atoms with van der Waals surface area (Å²) in [4.78, 5) is 30.2. The van der Waals surface area contributed by atoms with Gasteiger partial charge in [0.1, 0.15) is 6.04 Å². The first kappa shape index (κ1) is 23.3. The molecule has 1 aliphatic rings. The number of amides is 2. The van der Waals surface area contributed by atoms with Gasteiger partial charge in [-0.15, -0.1) is 11.3 Å². The number of thiophene rings is 1. The summed E-state index contributed by atoms with van der Waals surface area (Å²) in [6, 6.07) is 29.2. The second kappa shape index (κ2) is 9.37. The molecule has 184 valence electrons. The number of hydrogen-bond donors (Lipinski definition) is 1. The minimum atomic E-state index is -0.660. The summed E-state index contributed by atoms with van der Waals surface area (Å²) in [7, 11) is 2.07. The number of para-hydroxylation sites is 1. The molecule has 0 spiro atoms. The zero-order chi connectivity index (χ0) is 25.5. The van der Waals surface area contributed by atoms with Crippen LogP contribution in [0.5, 0.6) is 0 Å². The highest BCUT2D eigenvalue weighted by molar-refractivity contribution is 7.09. The highest BCUT2D eigenvalue weighted by atomic mass is 32.1. The van der Waals surface area contributed by atoms with Crippen LogP contribution in [-0.4, -0.2) is 27.3 Å². The molecule has 0 bridgehead atoms. The lowest BCUT2D eigenvalue weighted by Gasteiger charge is -2.31. The number of carbonyl (C=O) groups excluding carboxylic acids is 2. The summed E-state index contributed by atoms with van der Waals surface area (Å²) < 4.78 is 2.20. The molecule has 1 aliphatic heterocycles. The van der Waals surface area contributed by atoms with E-state index in [2.05, 4.69) is 41.2 Å². The van der Waals surface area contributed by atoms with Crippen LogP contribution in [0.2, 0.25) is 0 Å². The molecule has 6 rings (SSSR count). The normalized spacial score (nSPS) is 15.7. The summed E-state index contributed by atoms with van der Waals surface area (Å²) in [6.07, 6.45) is 0. The number of fused-ring (bicyclic) bond motifs is 2. The van der Waals surface area contributed by atoms with Gasteiger partial charge in [-0.1, -0.05) is 72.8 Å². The predicted octanol–water partition coefficient (Wildman–Crippen LogP) is 6.16. The number of aromatic nitrogens is 1. The van der Waals surface area contributed by atoms with Crippen molar-refractivity contribution >= 4 is 34.1 Å². The monoisotopic (exact) mass is 505 g/mol. The number of rotatable bonds is 6. The topological polar surface area (TPSA) is 54.3 Å². The van der Waals surface area contributed by atoms with Gasteiger partial charge in [0, 0.05) is 34.0 Å². The third-order valence-electron chi connectivity index (χ3n) is 7.28. The molecule has 2 aromatic heterocycles. The van der Waals surface area contributed by atoms with Crippen molar-refractivity contribution < 1.29 is 9.59 Å². The molecule has 0 aliphatic carbocycles. The van der Waals surface area contributed by atoms with E-state index in [4.69, 9.17) is 0 Å². The molecule has 0 saturated carbocycles. The molecule has 1 N–H and O–H groups in total. The number of carbonyl (C=O) groups is 2. The molecule has 3 aromatic carbocycles. The van der Waals surface area contributed by atoms with Crippen LogP contribution in [0.25, 0.3) is 22.2 Å². The van der Waals surface area contributed by atoms with Gasteiger partial charge in [-0.25, -0.2) is 0 Å². The van der Waals surface area contributed by atoms with Crippen LogP contribution in [0.3, 0.4) is 0 Å². The summed E-state index contributed by atoms with van der Waals surface area (Å²) in [5.41, 5.74) is 5.83. The average molecular weight is 506 g/mol. The van der Waals surface area contributed by atoms with Gasteiger partial charge in [0.25, 0.3) is 5.91 Å². The van der Waals surface area contributed by atoms with Gasteiger partial charge >= 0.3 is 0 Å². The summed E-state index contributed by atoms with van der Waals surface area (Å²) in [5.74, 6) is -0.285. The van der Waals surface area contributed by atoms with E-state index in [0.29, 0.717) is 12.1 Å². The Morgan fingerprint density at radius 2 is 1.68 bits per heavy atom. The second-order valence-electron chi connectivity index (χ2n) is 9.38. The predicted molar refractivity (Wildman–Crippen MR) is 148 cm³/mol. The Balaban J connectivity index is 1.52. The third kappa shape index (κ3) is 3.85. The lowest BCUT2D eigenvalue weighted by Crippen LogP contribution is -2.46. The van der Waals surface area contributed by atoms with E-state index >= 15 is 0 Å². The number of nitrogens with one attached hydrogen (secondary N) is 1. The lowest BCUT2D eigenvalue weighted by atomic mass is 9.92.